The van der Waals surface area contributed by atoms with Crippen molar-refractivity contribution in [3.8, 4) is 0 Å². The second-order valence-corrected chi connectivity index (χ2v) is 6.42. The number of hydrogen-bond acceptors (Lipinski definition) is 4. The number of imidazole rings is 1. The summed E-state index contributed by atoms with van der Waals surface area (Å²) < 4.78 is 52.1. The largest absolute Gasteiger partial charge is 0.408 e. The van der Waals surface area contributed by atoms with E-state index in [1.165, 1.54) is 12.3 Å². The summed E-state index contributed by atoms with van der Waals surface area (Å²) in [5.74, 6) is 0.291. The van der Waals surface area contributed by atoms with Gasteiger partial charge in [0.1, 0.15) is 22.5 Å². The van der Waals surface area contributed by atoms with Gasteiger partial charge in [-0.1, -0.05) is 11.6 Å². The minimum atomic E-state index is -4.40. The zero-order valence-corrected chi connectivity index (χ0v) is 14.5. The van der Waals surface area contributed by atoms with Crippen LogP contribution < -0.4 is 0 Å². The van der Waals surface area contributed by atoms with Crippen molar-refractivity contribution in [2.24, 2.45) is 0 Å². The number of fused-ring (bicyclic) bond motifs is 1. The van der Waals surface area contributed by atoms with Crippen molar-refractivity contribution in [2.45, 2.75) is 51.1 Å². The Morgan fingerprint density at radius 1 is 1.44 bits per heavy atom. The first-order valence-corrected chi connectivity index (χ1v) is 8.56. The van der Waals surface area contributed by atoms with Gasteiger partial charge in [0.25, 0.3) is 0 Å². The lowest BCUT2D eigenvalue weighted by molar-refractivity contribution is -0.165. The van der Waals surface area contributed by atoms with Gasteiger partial charge >= 0.3 is 6.18 Å². The average molecular weight is 378 g/mol. The molecule has 5 nitrogen and oxygen atoms in total. The topological polar surface area (TPSA) is 49.2 Å². The summed E-state index contributed by atoms with van der Waals surface area (Å²) in [6, 6.07) is -0.322. The molecular formula is C16H19ClF3N3O2. The highest BCUT2D eigenvalue weighted by Crippen LogP contribution is 2.34. The van der Waals surface area contributed by atoms with Gasteiger partial charge in [-0.2, -0.15) is 13.2 Å². The summed E-state index contributed by atoms with van der Waals surface area (Å²) in [6.45, 7) is 1.99. The average Bonchev–Trinajstić information content (AvgIpc) is 2.91. The molecule has 0 spiro atoms. The van der Waals surface area contributed by atoms with Crippen molar-refractivity contribution < 1.29 is 22.6 Å². The summed E-state index contributed by atoms with van der Waals surface area (Å²) in [5, 5.41) is 0.126. The quantitative estimate of drug-likeness (QED) is 0.729. The van der Waals surface area contributed by atoms with Crippen LogP contribution in [-0.4, -0.2) is 40.2 Å². The third-order valence-electron chi connectivity index (χ3n) is 4.24. The van der Waals surface area contributed by atoms with Crippen LogP contribution in [0.1, 0.15) is 38.1 Å². The number of aromatic nitrogens is 3. The molecule has 1 saturated heterocycles. The lowest BCUT2D eigenvalue weighted by atomic mass is 10.2. The Morgan fingerprint density at radius 3 is 2.92 bits per heavy atom. The van der Waals surface area contributed by atoms with Gasteiger partial charge in [-0.05, 0) is 26.2 Å². The lowest BCUT2D eigenvalue weighted by Gasteiger charge is -2.23. The minimum Gasteiger partial charge on any atom is -0.353 e. The second kappa shape index (κ2) is 7.47. The summed E-state index contributed by atoms with van der Waals surface area (Å²) in [6.07, 6.45) is -0.230. The van der Waals surface area contributed by atoms with Crippen LogP contribution in [0, 0.1) is 0 Å². The maximum atomic E-state index is 13.3. The van der Waals surface area contributed by atoms with Gasteiger partial charge in [-0.3, -0.25) is 0 Å². The first kappa shape index (κ1) is 18.4. The molecule has 2 atom stereocenters. The first-order valence-electron chi connectivity index (χ1n) is 8.18. The Kier molecular flexibility index (Phi) is 5.50. The van der Waals surface area contributed by atoms with E-state index in [2.05, 4.69) is 9.97 Å². The Bertz CT molecular complexity index is 729. The SMILES string of the molecule is CC(n1c(CCOC2CCCCO2)nc2cnc(Cl)cc21)C(F)(F)F. The van der Waals surface area contributed by atoms with E-state index < -0.39 is 12.2 Å². The molecule has 0 aromatic carbocycles. The molecule has 1 aliphatic heterocycles. The third kappa shape index (κ3) is 4.24. The molecule has 0 radical (unpaired) electrons. The molecule has 9 heteroatoms. The molecule has 3 rings (SSSR count). The van der Waals surface area contributed by atoms with E-state index in [1.54, 1.807) is 0 Å². The molecule has 138 valence electrons. The van der Waals surface area contributed by atoms with Crippen LogP contribution >= 0.6 is 11.6 Å². The van der Waals surface area contributed by atoms with Gasteiger partial charge in [0.2, 0.25) is 0 Å². The Morgan fingerprint density at radius 2 is 2.24 bits per heavy atom. The fourth-order valence-corrected chi connectivity index (χ4v) is 3.06. The molecule has 0 aliphatic carbocycles. The van der Waals surface area contributed by atoms with Crippen molar-refractivity contribution in [3.05, 3.63) is 23.2 Å². The number of nitrogens with zero attached hydrogens (tertiary/aromatic N) is 3. The number of pyridine rings is 1. The maximum Gasteiger partial charge on any atom is 0.408 e. The molecule has 0 saturated carbocycles. The molecule has 0 amide bonds. The van der Waals surface area contributed by atoms with Gasteiger partial charge in [0.05, 0.1) is 18.3 Å². The fraction of sp³-hybridized carbons (Fsp3) is 0.625. The minimum absolute atomic E-state index is 0.126. The fourth-order valence-electron chi connectivity index (χ4n) is 2.90. The van der Waals surface area contributed by atoms with Crippen LogP contribution in [0.3, 0.4) is 0 Å². The molecule has 0 bridgehead atoms. The predicted molar refractivity (Wildman–Crippen MR) is 86.6 cm³/mol. The van der Waals surface area contributed by atoms with Crippen LogP contribution in [0.5, 0.6) is 0 Å². The van der Waals surface area contributed by atoms with Crippen LogP contribution in [0.25, 0.3) is 11.0 Å². The first-order chi connectivity index (χ1) is 11.9. The smallest absolute Gasteiger partial charge is 0.353 e. The van der Waals surface area contributed by atoms with Crippen molar-refractivity contribution in [3.63, 3.8) is 0 Å². The molecule has 3 heterocycles. The normalized spacial score (nSPS) is 20.1. The summed E-state index contributed by atoms with van der Waals surface area (Å²) in [5.41, 5.74) is 0.693. The Labute approximate surface area is 148 Å². The molecule has 2 aromatic rings. The van der Waals surface area contributed by atoms with E-state index in [0.29, 0.717) is 23.5 Å². The van der Waals surface area contributed by atoms with E-state index in [1.807, 2.05) is 0 Å². The summed E-state index contributed by atoms with van der Waals surface area (Å²) in [4.78, 5) is 8.19. The van der Waals surface area contributed by atoms with Gasteiger partial charge in [-0.25, -0.2) is 9.97 Å². The standard InChI is InChI=1S/C16H19ClF3N3O2/c1-10(16(18,19)20)23-12-8-13(17)21-9-11(12)22-14(23)5-7-25-15-4-2-3-6-24-15/h8-10,15H,2-7H2,1H3. The van der Waals surface area contributed by atoms with E-state index in [4.69, 9.17) is 21.1 Å². The zero-order valence-electron chi connectivity index (χ0n) is 13.7. The van der Waals surface area contributed by atoms with Gasteiger partial charge < -0.3 is 14.0 Å². The van der Waals surface area contributed by atoms with Crippen molar-refractivity contribution in [1.82, 2.24) is 14.5 Å². The molecule has 1 aliphatic rings. The van der Waals surface area contributed by atoms with E-state index in [0.717, 1.165) is 30.8 Å². The number of rotatable bonds is 5. The highest BCUT2D eigenvalue weighted by Gasteiger charge is 2.39. The number of halogens is 4. The Balaban J connectivity index is 1.83. The van der Waals surface area contributed by atoms with Gasteiger partial charge in [0.15, 0.2) is 6.29 Å². The maximum absolute atomic E-state index is 13.3. The molecule has 25 heavy (non-hydrogen) atoms. The molecule has 2 aromatic heterocycles. The number of hydrogen-bond donors (Lipinski definition) is 0. The van der Waals surface area contributed by atoms with Crippen molar-refractivity contribution in [1.29, 1.82) is 0 Å². The summed E-state index contributed by atoms with van der Waals surface area (Å²) in [7, 11) is 0. The van der Waals surface area contributed by atoms with Crippen LogP contribution in [-0.2, 0) is 15.9 Å². The molecule has 0 N–H and O–H groups in total. The van der Waals surface area contributed by atoms with Crippen molar-refractivity contribution in [2.75, 3.05) is 13.2 Å². The second-order valence-electron chi connectivity index (χ2n) is 6.03. The van der Waals surface area contributed by atoms with Crippen LogP contribution in [0.2, 0.25) is 5.15 Å². The van der Waals surface area contributed by atoms with E-state index in [-0.39, 0.29) is 24.5 Å². The highest BCUT2D eigenvalue weighted by molar-refractivity contribution is 6.29. The molecular weight excluding hydrogens is 359 g/mol. The highest BCUT2D eigenvalue weighted by atomic mass is 35.5. The van der Waals surface area contributed by atoms with Crippen LogP contribution in [0.4, 0.5) is 13.2 Å². The van der Waals surface area contributed by atoms with E-state index in [9.17, 15) is 13.2 Å². The van der Waals surface area contributed by atoms with Crippen LogP contribution in [0.15, 0.2) is 12.3 Å². The predicted octanol–water partition coefficient (Wildman–Crippen LogP) is 4.29. The third-order valence-corrected chi connectivity index (χ3v) is 4.45. The number of alkyl halides is 3. The van der Waals surface area contributed by atoms with Gasteiger partial charge in [0, 0.05) is 19.1 Å². The molecule has 1 fully saturated rings. The summed E-state index contributed by atoms with van der Waals surface area (Å²) >= 11 is 5.85. The van der Waals surface area contributed by atoms with Crippen molar-refractivity contribution >= 4 is 22.6 Å². The number of ether oxygens (including phenoxy) is 2. The van der Waals surface area contributed by atoms with E-state index >= 15 is 0 Å². The van der Waals surface area contributed by atoms with Gasteiger partial charge in [-0.15, -0.1) is 0 Å². The Hall–Kier alpha value is -1.38. The lowest BCUT2D eigenvalue weighted by Crippen LogP contribution is -2.26. The zero-order chi connectivity index (χ0) is 18.0. The monoisotopic (exact) mass is 377 g/mol. The molecule has 2 unspecified atom stereocenters.